The van der Waals surface area contributed by atoms with Crippen molar-refractivity contribution in [3.63, 3.8) is 0 Å². The lowest BCUT2D eigenvalue weighted by atomic mass is 10.2. The van der Waals surface area contributed by atoms with Gasteiger partial charge in [-0.3, -0.25) is 9.59 Å². The van der Waals surface area contributed by atoms with E-state index in [1.54, 1.807) is 36.4 Å². The summed E-state index contributed by atoms with van der Waals surface area (Å²) in [4.78, 5) is 26.3. The van der Waals surface area contributed by atoms with Gasteiger partial charge in [0.05, 0.1) is 18.5 Å². The quantitative estimate of drug-likeness (QED) is 0.486. The molecular formula is C18H13Cl2IN2O3. The van der Waals surface area contributed by atoms with Crippen molar-refractivity contribution in [2.24, 2.45) is 0 Å². The van der Waals surface area contributed by atoms with Gasteiger partial charge in [0.1, 0.15) is 16.5 Å². The van der Waals surface area contributed by atoms with Crippen LogP contribution in [0.1, 0.15) is 5.56 Å². The van der Waals surface area contributed by atoms with Crippen LogP contribution >= 0.6 is 45.8 Å². The molecule has 0 spiro atoms. The molecule has 3 rings (SSSR count). The Bertz CT molecular complexity index is 942. The number of amides is 2. The Morgan fingerprint density at radius 3 is 2.35 bits per heavy atom. The van der Waals surface area contributed by atoms with Gasteiger partial charge in [-0.15, -0.1) is 0 Å². The van der Waals surface area contributed by atoms with E-state index in [-0.39, 0.29) is 10.7 Å². The number of methoxy groups -OCH3 is 1. The largest absolute Gasteiger partial charge is 0.495 e. The fourth-order valence-electron chi connectivity index (χ4n) is 2.50. The summed E-state index contributed by atoms with van der Waals surface area (Å²) in [5, 5.41) is 3.27. The average Bonchev–Trinajstić information content (AvgIpc) is 2.82. The molecule has 2 amide bonds. The third kappa shape index (κ3) is 3.41. The fourth-order valence-corrected chi connectivity index (χ4v) is 3.23. The number of aryl methyl sites for hydroxylation is 1. The lowest BCUT2D eigenvalue weighted by Crippen LogP contribution is -2.32. The fraction of sp³-hybridized carbons (Fsp3) is 0.111. The van der Waals surface area contributed by atoms with Crippen molar-refractivity contribution in [2.75, 3.05) is 17.3 Å². The van der Waals surface area contributed by atoms with Gasteiger partial charge in [-0.1, -0.05) is 23.2 Å². The van der Waals surface area contributed by atoms with E-state index in [1.165, 1.54) is 7.11 Å². The molecular weight excluding hydrogens is 490 g/mol. The van der Waals surface area contributed by atoms with Crippen LogP contribution in [-0.2, 0) is 9.59 Å². The van der Waals surface area contributed by atoms with Crippen LogP contribution in [0.3, 0.4) is 0 Å². The second kappa shape index (κ2) is 7.46. The van der Waals surface area contributed by atoms with Crippen LogP contribution in [0, 0.1) is 10.5 Å². The van der Waals surface area contributed by atoms with Gasteiger partial charge in [0.15, 0.2) is 0 Å². The first-order valence-corrected chi connectivity index (χ1v) is 9.32. The summed E-state index contributed by atoms with van der Waals surface area (Å²) in [6.07, 6.45) is 0. The molecule has 26 heavy (non-hydrogen) atoms. The van der Waals surface area contributed by atoms with Gasteiger partial charge in [0.25, 0.3) is 11.8 Å². The highest BCUT2D eigenvalue weighted by Crippen LogP contribution is 2.35. The number of ether oxygens (including phenoxy) is 1. The maximum Gasteiger partial charge on any atom is 0.283 e. The van der Waals surface area contributed by atoms with Crippen LogP contribution < -0.4 is 15.0 Å². The van der Waals surface area contributed by atoms with E-state index in [4.69, 9.17) is 27.9 Å². The molecule has 0 atom stereocenters. The van der Waals surface area contributed by atoms with Crippen LogP contribution in [0.2, 0.25) is 5.02 Å². The smallest absolute Gasteiger partial charge is 0.283 e. The summed E-state index contributed by atoms with van der Waals surface area (Å²) in [5.74, 6) is -0.675. The van der Waals surface area contributed by atoms with Gasteiger partial charge < -0.3 is 10.1 Å². The highest BCUT2D eigenvalue weighted by Gasteiger charge is 2.39. The summed E-state index contributed by atoms with van der Waals surface area (Å²) in [6, 6.07) is 10.4. The SMILES string of the molecule is COc1cc(Cl)c(C)cc1NC1=C(Cl)C(=O)N(c2ccc(I)cc2)C1=O. The average molecular weight is 503 g/mol. The minimum Gasteiger partial charge on any atom is -0.495 e. The second-order valence-electron chi connectivity index (χ2n) is 5.54. The van der Waals surface area contributed by atoms with E-state index in [1.807, 2.05) is 6.92 Å². The Morgan fingerprint density at radius 2 is 1.73 bits per heavy atom. The number of hydrogen-bond donors (Lipinski definition) is 1. The highest BCUT2D eigenvalue weighted by molar-refractivity contribution is 14.1. The Morgan fingerprint density at radius 1 is 1.08 bits per heavy atom. The van der Waals surface area contributed by atoms with Crippen LogP contribution in [0.15, 0.2) is 47.1 Å². The number of carbonyl (C=O) groups excluding carboxylic acids is 2. The van der Waals surface area contributed by atoms with Crippen LogP contribution in [-0.4, -0.2) is 18.9 Å². The zero-order valence-corrected chi connectivity index (χ0v) is 17.4. The summed E-state index contributed by atoms with van der Waals surface area (Å²) >= 11 is 14.4. The van der Waals surface area contributed by atoms with Crippen molar-refractivity contribution in [3.05, 3.63) is 61.3 Å². The van der Waals surface area contributed by atoms with E-state index in [0.717, 1.165) is 14.0 Å². The minimum absolute atomic E-state index is 0.00441. The molecule has 2 aromatic carbocycles. The molecule has 1 aliphatic rings. The molecule has 0 fully saturated rings. The number of halogens is 3. The van der Waals surface area contributed by atoms with Gasteiger partial charge in [-0.2, -0.15) is 0 Å². The number of imide groups is 1. The lowest BCUT2D eigenvalue weighted by molar-refractivity contribution is -0.120. The Kier molecular flexibility index (Phi) is 5.45. The minimum atomic E-state index is -0.579. The summed E-state index contributed by atoms with van der Waals surface area (Å²) < 4.78 is 6.28. The van der Waals surface area contributed by atoms with E-state index >= 15 is 0 Å². The zero-order chi connectivity index (χ0) is 19.0. The molecule has 0 radical (unpaired) electrons. The summed E-state index contributed by atoms with van der Waals surface area (Å²) in [5.41, 5.74) is 1.73. The maximum atomic E-state index is 12.8. The lowest BCUT2D eigenvalue weighted by Gasteiger charge is -2.16. The first-order chi connectivity index (χ1) is 12.3. The molecule has 0 aliphatic carbocycles. The number of carbonyl (C=O) groups is 2. The molecule has 0 saturated carbocycles. The molecule has 1 aliphatic heterocycles. The van der Waals surface area contributed by atoms with Crippen LogP contribution in [0.5, 0.6) is 5.75 Å². The Hall–Kier alpha value is -1.77. The first-order valence-electron chi connectivity index (χ1n) is 7.48. The molecule has 5 nitrogen and oxygen atoms in total. The van der Waals surface area contributed by atoms with Crippen molar-refractivity contribution in [1.29, 1.82) is 0 Å². The highest BCUT2D eigenvalue weighted by atomic mass is 127. The molecule has 8 heteroatoms. The van der Waals surface area contributed by atoms with Gasteiger partial charge in [-0.25, -0.2) is 4.90 Å². The third-order valence-electron chi connectivity index (χ3n) is 3.85. The number of hydrogen-bond acceptors (Lipinski definition) is 4. The number of rotatable bonds is 4. The predicted octanol–water partition coefficient (Wildman–Crippen LogP) is 4.70. The van der Waals surface area contributed by atoms with Crippen molar-refractivity contribution < 1.29 is 14.3 Å². The van der Waals surface area contributed by atoms with E-state index in [0.29, 0.717) is 22.1 Å². The van der Waals surface area contributed by atoms with E-state index < -0.39 is 11.8 Å². The molecule has 1 N–H and O–H groups in total. The molecule has 0 unspecified atom stereocenters. The normalized spacial score (nSPS) is 14.3. The molecule has 2 aromatic rings. The molecule has 134 valence electrons. The predicted molar refractivity (Wildman–Crippen MR) is 111 cm³/mol. The van der Waals surface area contributed by atoms with Crippen molar-refractivity contribution >= 4 is 69.0 Å². The maximum absolute atomic E-state index is 12.8. The Balaban J connectivity index is 1.96. The van der Waals surface area contributed by atoms with Crippen molar-refractivity contribution in [1.82, 2.24) is 0 Å². The third-order valence-corrected chi connectivity index (χ3v) is 5.33. The second-order valence-corrected chi connectivity index (χ2v) is 7.57. The molecule has 0 saturated heterocycles. The first kappa shape index (κ1) is 19.0. The van der Waals surface area contributed by atoms with Crippen LogP contribution in [0.25, 0.3) is 0 Å². The van der Waals surface area contributed by atoms with Gasteiger partial charge >= 0.3 is 0 Å². The molecule has 0 bridgehead atoms. The topological polar surface area (TPSA) is 58.6 Å². The Labute approximate surface area is 174 Å². The van der Waals surface area contributed by atoms with Gasteiger partial charge in [0, 0.05) is 14.7 Å². The monoisotopic (exact) mass is 502 g/mol. The summed E-state index contributed by atoms with van der Waals surface area (Å²) in [7, 11) is 1.49. The van der Waals surface area contributed by atoms with E-state index in [9.17, 15) is 9.59 Å². The standard InChI is InChI=1S/C18H13Cl2IN2O3/c1-9-7-13(14(26-2)8-12(9)19)22-16-15(20)17(24)23(18(16)25)11-5-3-10(21)4-6-11/h3-8,22H,1-2H3. The summed E-state index contributed by atoms with van der Waals surface area (Å²) in [6.45, 7) is 1.82. The number of benzene rings is 2. The van der Waals surface area contributed by atoms with Gasteiger partial charge in [0.2, 0.25) is 0 Å². The molecule has 1 heterocycles. The van der Waals surface area contributed by atoms with Crippen molar-refractivity contribution in [2.45, 2.75) is 6.92 Å². The van der Waals surface area contributed by atoms with Crippen LogP contribution in [0.4, 0.5) is 11.4 Å². The van der Waals surface area contributed by atoms with Crippen molar-refractivity contribution in [3.8, 4) is 5.75 Å². The van der Waals surface area contributed by atoms with E-state index in [2.05, 4.69) is 27.9 Å². The van der Waals surface area contributed by atoms with Gasteiger partial charge in [-0.05, 0) is 65.4 Å². The zero-order valence-electron chi connectivity index (χ0n) is 13.8. The number of nitrogens with one attached hydrogen (secondary N) is 1. The molecule has 0 aromatic heterocycles. The number of anilines is 2. The number of nitrogens with zero attached hydrogens (tertiary/aromatic N) is 1.